The Morgan fingerprint density at radius 2 is 1.67 bits per heavy atom. The third kappa shape index (κ3) is 7.98. The van der Waals surface area contributed by atoms with Crippen LogP contribution in [0.3, 0.4) is 0 Å². The summed E-state index contributed by atoms with van der Waals surface area (Å²) in [6.45, 7) is 3.42. The zero-order chi connectivity index (χ0) is 39.6. The monoisotopic (exact) mass is 777 g/mol. The van der Waals surface area contributed by atoms with E-state index in [0.29, 0.717) is 66.9 Å². The molecule has 5 heterocycles. The van der Waals surface area contributed by atoms with Crippen molar-refractivity contribution in [3.8, 4) is 17.2 Å². The van der Waals surface area contributed by atoms with Crippen molar-refractivity contribution in [2.75, 3.05) is 29.9 Å². The van der Waals surface area contributed by atoms with E-state index in [9.17, 15) is 30.3 Å². The van der Waals surface area contributed by atoms with E-state index in [1.54, 1.807) is 53.1 Å². The lowest BCUT2D eigenvalue weighted by atomic mass is 9.91. The van der Waals surface area contributed by atoms with Crippen LogP contribution in [-0.2, 0) is 17.7 Å². The highest BCUT2D eigenvalue weighted by atomic mass is 16.6. The Bertz CT molecular complexity index is 2290. The Hall–Kier alpha value is -6.43. The molecule has 0 saturated carbocycles. The number of urea groups is 1. The van der Waals surface area contributed by atoms with Gasteiger partial charge in [0.25, 0.3) is 0 Å². The van der Waals surface area contributed by atoms with Crippen LogP contribution in [0.4, 0.5) is 16.6 Å². The first-order chi connectivity index (χ1) is 27.6. The predicted octanol–water partition coefficient (Wildman–Crippen LogP) is 3.81. The van der Waals surface area contributed by atoms with Crippen molar-refractivity contribution in [1.82, 2.24) is 35.3 Å². The number of ether oxygens (including phenoxy) is 1. The smallest absolute Gasteiger partial charge is 0.315 e. The van der Waals surface area contributed by atoms with Crippen LogP contribution in [0.1, 0.15) is 59.7 Å². The van der Waals surface area contributed by atoms with Gasteiger partial charge in [0.2, 0.25) is 5.95 Å². The number of hydrogen-bond donors (Lipinski definition) is 8. The number of carbonyl (C=O) groups excluding carboxylic acids is 1. The molecule has 2 aliphatic rings. The second-order valence-corrected chi connectivity index (χ2v) is 14.2. The summed E-state index contributed by atoms with van der Waals surface area (Å²) < 4.78 is 13.2. The fourth-order valence-electron chi connectivity index (χ4n) is 7.29. The lowest BCUT2D eigenvalue weighted by molar-refractivity contribution is -0.0434. The molecule has 2 aliphatic heterocycles. The first kappa shape index (κ1) is 37.5. The topological polar surface area (TPSA) is 236 Å². The summed E-state index contributed by atoms with van der Waals surface area (Å²) in [6.07, 6.45) is -2.06. The Morgan fingerprint density at radius 1 is 0.930 bits per heavy atom. The molecule has 5 atom stereocenters. The van der Waals surface area contributed by atoms with Gasteiger partial charge in [0, 0.05) is 44.2 Å². The van der Waals surface area contributed by atoms with Crippen molar-refractivity contribution >= 4 is 29.0 Å². The van der Waals surface area contributed by atoms with Crippen molar-refractivity contribution in [2.45, 2.75) is 62.8 Å². The summed E-state index contributed by atoms with van der Waals surface area (Å²) in [5.41, 5.74) is 3.97. The van der Waals surface area contributed by atoms with Crippen LogP contribution in [0.5, 0.6) is 17.2 Å². The molecule has 2 saturated heterocycles. The van der Waals surface area contributed by atoms with Gasteiger partial charge in [0.1, 0.15) is 35.6 Å². The van der Waals surface area contributed by atoms with Gasteiger partial charge in [-0.25, -0.2) is 9.78 Å². The van der Waals surface area contributed by atoms with Crippen LogP contribution in [-0.4, -0.2) is 94.1 Å². The summed E-state index contributed by atoms with van der Waals surface area (Å²) in [7, 11) is 0. The Balaban J connectivity index is 1.08. The molecule has 8 rings (SSSR count). The number of aromatic nitrogens is 5. The second kappa shape index (κ2) is 16.0. The number of imidazole rings is 1. The number of aromatic hydroxyl groups is 3. The summed E-state index contributed by atoms with van der Waals surface area (Å²) >= 11 is 0. The average molecular weight is 778 g/mol. The van der Waals surface area contributed by atoms with E-state index < -0.39 is 24.5 Å². The fraction of sp³-hybridized carbons (Fsp3) is 0.325. The van der Waals surface area contributed by atoms with E-state index in [0.717, 1.165) is 16.7 Å². The molecule has 3 aromatic heterocycles. The maximum Gasteiger partial charge on any atom is 0.315 e. The van der Waals surface area contributed by atoms with Crippen molar-refractivity contribution in [3.63, 3.8) is 0 Å². The molecule has 6 aromatic rings. The van der Waals surface area contributed by atoms with E-state index in [2.05, 4.69) is 26.1 Å². The number of nitrogens with zero attached hydrogens (tertiary/aromatic N) is 6. The number of carbonyl (C=O) groups is 1. The number of anilines is 2. The highest BCUT2D eigenvalue weighted by Gasteiger charge is 2.47. The SMILES string of the molecule is CCc1cc([C@H]2O[C@@H](n3cnc4c(NCC(c5ccc(O)cc5)c5ccc(O)cc5)nc(N5CCC(NC(=O)NCc6cccc(O)c6)C5)nc43)[C@H](O)[C@@H]2O)on1. The number of hydrogen-bond acceptors (Lipinski definition) is 14. The molecule has 1 unspecified atom stereocenters. The highest BCUT2D eigenvalue weighted by Crippen LogP contribution is 2.41. The van der Waals surface area contributed by atoms with Crippen LogP contribution >= 0.6 is 0 Å². The van der Waals surface area contributed by atoms with Gasteiger partial charge in [-0.2, -0.15) is 9.97 Å². The summed E-state index contributed by atoms with van der Waals surface area (Å²) in [5.74, 6) is 1.17. The van der Waals surface area contributed by atoms with Crippen LogP contribution in [0.25, 0.3) is 11.2 Å². The van der Waals surface area contributed by atoms with Gasteiger partial charge in [-0.05, 0) is 65.9 Å². The van der Waals surface area contributed by atoms with Gasteiger partial charge >= 0.3 is 6.03 Å². The summed E-state index contributed by atoms with van der Waals surface area (Å²) in [4.78, 5) is 29.3. The molecule has 2 amide bonds. The zero-order valence-electron chi connectivity index (χ0n) is 30.9. The maximum absolute atomic E-state index is 12.9. The second-order valence-electron chi connectivity index (χ2n) is 14.2. The Labute approximate surface area is 326 Å². The number of aliphatic hydroxyl groups is 2. The predicted molar refractivity (Wildman–Crippen MR) is 207 cm³/mol. The maximum atomic E-state index is 12.9. The Morgan fingerprint density at radius 3 is 2.35 bits per heavy atom. The van der Waals surface area contributed by atoms with E-state index in [1.807, 2.05) is 42.2 Å². The number of aliphatic hydroxyl groups excluding tert-OH is 2. The van der Waals surface area contributed by atoms with Gasteiger partial charge in [0.15, 0.2) is 29.0 Å². The highest BCUT2D eigenvalue weighted by molar-refractivity contribution is 5.84. The number of amides is 2. The number of phenols is 3. The molecular formula is C40H43N9O8. The lowest BCUT2D eigenvalue weighted by Gasteiger charge is -2.22. The first-order valence-corrected chi connectivity index (χ1v) is 18.7. The Kier molecular flexibility index (Phi) is 10.5. The number of phenolic OH excluding ortho intramolecular Hbond substituents is 3. The van der Waals surface area contributed by atoms with Gasteiger partial charge < -0.3 is 55.6 Å². The van der Waals surface area contributed by atoms with Crippen molar-refractivity contribution in [3.05, 3.63) is 113 Å². The molecule has 296 valence electrons. The van der Waals surface area contributed by atoms with Crippen molar-refractivity contribution in [1.29, 1.82) is 0 Å². The van der Waals surface area contributed by atoms with Crippen LogP contribution < -0.4 is 20.9 Å². The molecule has 0 bridgehead atoms. The molecule has 3 aromatic carbocycles. The normalized spacial score (nSPS) is 20.7. The van der Waals surface area contributed by atoms with E-state index in [4.69, 9.17) is 19.2 Å². The van der Waals surface area contributed by atoms with Gasteiger partial charge in [-0.1, -0.05) is 48.5 Å². The van der Waals surface area contributed by atoms with Crippen LogP contribution in [0.2, 0.25) is 0 Å². The zero-order valence-corrected chi connectivity index (χ0v) is 30.9. The van der Waals surface area contributed by atoms with Gasteiger partial charge in [-0.3, -0.25) is 4.57 Å². The fourth-order valence-corrected chi connectivity index (χ4v) is 7.29. The van der Waals surface area contributed by atoms with E-state index in [-0.39, 0.29) is 41.8 Å². The number of nitrogens with one attached hydrogen (secondary N) is 3. The average Bonchev–Trinajstić information content (AvgIpc) is 4.03. The quantitative estimate of drug-likeness (QED) is 0.0883. The molecule has 0 spiro atoms. The lowest BCUT2D eigenvalue weighted by Crippen LogP contribution is -2.43. The minimum atomic E-state index is -1.37. The third-order valence-electron chi connectivity index (χ3n) is 10.4. The first-order valence-electron chi connectivity index (χ1n) is 18.7. The van der Waals surface area contributed by atoms with Crippen molar-refractivity contribution in [2.24, 2.45) is 0 Å². The summed E-state index contributed by atoms with van der Waals surface area (Å²) in [6, 6.07) is 21.6. The summed E-state index contributed by atoms with van der Waals surface area (Å²) in [5, 5.41) is 65.5. The number of fused-ring (bicyclic) bond motifs is 1. The van der Waals surface area contributed by atoms with Gasteiger partial charge in [-0.15, -0.1) is 0 Å². The van der Waals surface area contributed by atoms with E-state index >= 15 is 0 Å². The molecule has 0 aliphatic carbocycles. The molecule has 8 N–H and O–H groups in total. The standard InChI is InChI=1S/C40H43N9O8/c1-2-25-17-31(57-47-25)35-33(53)34(54)38(56-35)49-21-43-32-36(41-19-30(23-6-10-27(50)11-7-23)24-8-12-28(51)13-9-24)45-39(46-37(32)49)48-15-14-26(20-48)44-40(55)42-18-22-4-3-5-29(52)16-22/h3-13,16-17,21,26,30,33-35,38,50-54H,2,14-15,18-20H2,1H3,(H,41,45,46)(H2,42,44,55)/t26?,33-,34+,35+,38+/m0/s1. The van der Waals surface area contributed by atoms with Crippen LogP contribution in [0.15, 0.2) is 89.7 Å². The van der Waals surface area contributed by atoms with Crippen molar-refractivity contribution < 1.29 is 39.6 Å². The third-order valence-corrected chi connectivity index (χ3v) is 10.4. The van der Waals surface area contributed by atoms with E-state index in [1.165, 1.54) is 6.33 Å². The number of benzene rings is 3. The number of rotatable bonds is 12. The van der Waals surface area contributed by atoms with Gasteiger partial charge in [0.05, 0.1) is 12.0 Å². The minimum Gasteiger partial charge on any atom is -0.508 e. The molecular weight excluding hydrogens is 734 g/mol. The minimum absolute atomic E-state index is 0.120. The molecule has 0 radical (unpaired) electrons. The number of aryl methyl sites for hydroxylation is 1. The molecule has 17 nitrogen and oxygen atoms in total. The molecule has 2 fully saturated rings. The molecule has 57 heavy (non-hydrogen) atoms. The largest absolute Gasteiger partial charge is 0.508 e. The molecule has 17 heteroatoms. The van der Waals surface area contributed by atoms with Crippen LogP contribution in [0, 0.1) is 0 Å².